The lowest BCUT2D eigenvalue weighted by atomic mass is 9.81. The summed E-state index contributed by atoms with van der Waals surface area (Å²) in [6.07, 6.45) is 0. The van der Waals surface area contributed by atoms with Crippen molar-refractivity contribution >= 4 is 57.7 Å². The summed E-state index contributed by atoms with van der Waals surface area (Å²) in [5, 5.41) is 8.74. The minimum atomic E-state index is -0.505. The number of amides is 2. The topological polar surface area (TPSA) is 139 Å². The second kappa shape index (κ2) is 12.3. The Labute approximate surface area is 291 Å². The first kappa shape index (κ1) is 31.0. The van der Waals surface area contributed by atoms with Crippen LogP contribution in [0, 0.1) is 0 Å². The molecule has 0 bridgehead atoms. The summed E-state index contributed by atoms with van der Waals surface area (Å²) >= 11 is 0. The summed E-state index contributed by atoms with van der Waals surface area (Å²) in [5.74, 6) is -2.72. The molecule has 0 heterocycles. The van der Waals surface area contributed by atoms with Gasteiger partial charge in [-0.2, -0.15) is 0 Å². The highest BCUT2D eigenvalue weighted by Crippen LogP contribution is 2.40. The van der Waals surface area contributed by atoms with Gasteiger partial charge in [0.1, 0.15) is 0 Å². The van der Waals surface area contributed by atoms with Crippen molar-refractivity contribution in [2.45, 2.75) is 0 Å². The van der Waals surface area contributed by atoms with Gasteiger partial charge in [0.05, 0.1) is 45.0 Å². The summed E-state index contributed by atoms with van der Waals surface area (Å²) in [7, 11) is 0. The molecule has 0 saturated heterocycles. The first-order chi connectivity index (χ1) is 24.8. The van der Waals surface area contributed by atoms with E-state index in [2.05, 4.69) is 16.0 Å². The van der Waals surface area contributed by atoms with Crippen LogP contribution in [-0.4, -0.2) is 34.9 Å². The van der Waals surface area contributed by atoms with Gasteiger partial charge >= 0.3 is 0 Å². The highest BCUT2D eigenvalue weighted by atomic mass is 16.2. The Kier molecular flexibility index (Phi) is 7.50. The maximum atomic E-state index is 14.3. The van der Waals surface area contributed by atoms with Crippen molar-refractivity contribution in [1.82, 2.24) is 0 Å². The molecule has 0 radical (unpaired) electrons. The second-order valence-corrected chi connectivity index (χ2v) is 12.0. The first-order valence-electron chi connectivity index (χ1n) is 16.0. The van der Waals surface area contributed by atoms with E-state index in [9.17, 15) is 28.8 Å². The van der Waals surface area contributed by atoms with Crippen LogP contribution >= 0.6 is 0 Å². The van der Waals surface area contributed by atoms with Crippen LogP contribution in [0.1, 0.15) is 84.4 Å². The van der Waals surface area contributed by atoms with Crippen molar-refractivity contribution in [2.75, 3.05) is 16.0 Å². The molecule has 51 heavy (non-hydrogen) atoms. The molecule has 244 valence electrons. The van der Waals surface area contributed by atoms with Crippen LogP contribution in [0.15, 0.2) is 133 Å². The number of rotatable bonds is 6. The fourth-order valence-corrected chi connectivity index (χ4v) is 6.61. The highest BCUT2D eigenvalue weighted by molar-refractivity contribution is 6.34. The quantitative estimate of drug-likeness (QED) is 0.167. The van der Waals surface area contributed by atoms with E-state index >= 15 is 0 Å². The lowest BCUT2D eigenvalue weighted by Crippen LogP contribution is -2.26. The van der Waals surface area contributed by atoms with E-state index in [1.807, 2.05) is 0 Å². The zero-order valence-electron chi connectivity index (χ0n) is 26.7. The third-order valence-electron chi connectivity index (χ3n) is 8.98. The summed E-state index contributed by atoms with van der Waals surface area (Å²) in [4.78, 5) is 82.5. The first-order valence-corrected chi connectivity index (χ1v) is 16.0. The third kappa shape index (κ3) is 5.21. The lowest BCUT2D eigenvalue weighted by Gasteiger charge is -2.25. The van der Waals surface area contributed by atoms with Crippen LogP contribution in [0.2, 0.25) is 0 Å². The maximum Gasteiger partial charge on any atom is 0.255 e. The van der Waals surface area contributed by atoms with E-state index in [-0.39, 0.29) is 67.3 Å². The van der Waals surface area contributed by atoms with Gasteiger partial charge in [0.25, 0.3) is 11.8 Å². The minimum Gasteiger partial charge on any atom is -0.354 e. The Morgan fingerprint density at radius 2 is 0.647 bits per heavy atom. The Morgan fingerprint density at radius 3 is 1.00 bits per heavy atom. The van der Waals surface area contributed by atoms with Gasteiger partial charge in [-0.25, -0.2) is 0 Å². The number of nitrogens with one attached hydrogen (secondary N) is 3. The van der Waals surface area contributed by atoms with E-state index in [1.54, 1.807) is 133 Å². The Morgan fingerprint density at radius 1 is 0.333 bits per heavy atom. The zero-order chi connectivity index (χ0) is 35.2. The SMILES string of the molecule is O=C(Nc1cccc2c1C(=O)c1c(Nc3cccc4c3C(=O)c3c(NC(=O)c5ccccc5)cccc3C4=O)cccc1C2=O)c1ccccc1. The molecule has 3 N–H and O–H groups in total. The molecule has 0 aliphatic heterocycles. The molecule has 0 atom stereocenters. The van der Waals surface area contributed by atoms with Crippen molar-refractivity contribution in [3.8, 4) is 0 Å². The maximum absolute atomic E-state index is 14.3. The monoisotopic (exact) mass is 667 g/mol. The van der Waals surface area contributed by atoms with Crippen LogP contribution in [0.25, 0.3) is 0 Å². The molecule has 6 aromatic carbocycles. The normalized spacial score (nSPS) is 12.6. The molecule has 6 aromatic rings. The molecule has 2 amide bonds. The summed E-state index contributed by atoms with van der Waals surface area (Å²) in [5.41, 5.74) is 2.36. The van der Waals surface area contributed by atoms with Crippen LogP contribution in [-0.2, 0) is 0 Å². The average molecular weight is 668 g/mol. The van der Waals surface area contributed by atoms with Crippen LogP contribution in [0.4, 0.5) is 22.7 Å². The summed E-state index contributed by atoms with van der Waals surface area (Å²) in [6.45, 7) is 0. The van der Waals surface area contributed by atoms with Crippen LogP contribution in [0.5, 0.6) is 0 Å². The van der Waals surface area contributed by atoms with Crippen molar-refractivity contribution in [2.24, 2.45) is 0 Å². The van der Waals surface area contributed by atoms with Gasteiger partial charge < -0.3 is 16.0 Å². The van der Waals surface area contributed by atoms with Crippen molar-refractivity contribution in [1.29, 1.82) is 0 Å². The van der Waals surface area contributed by atoms with E-state index in [4.69, 9.17) is 0 Å². The Hall–Kier alpha value is -7.26. The zero-order valence-corrected chi connectivity index (χ0v) is 26.7. The molecule has 0 saturated carbocycles. The molecule has 9 nitrogen and oxygen atoms in total. The van der Waals surface area contributed by atoms with Gasteiger partial charge in [-0.15, -0.1) is 0 Å². The molecule has 8 rings (SSSR count). The number of hydrogen-bond donors (Lipinski definition) is 3. The minimum absolute atomic E-state index is 0.0441. The van der Waals surface area contributed by atoms with E-state index in [1.165, 1.54) is 0 Å². The average Bonchev–Trinajstić information content (AvgIpc) is 3.16. The number of hydrogen-bond acceptors (Lipinski definition) is 7. The number of carbonyl (C=O) groups is 6. The molecule has 0 fully saturated rings. The van der Waals surface area contributed by atoms with Crippen molar-refractivity contribution < 1.29 is 28.8 Å². The fraction of sp³-hybridized carbons (Fsp3) is 0. The van der Waals surface area contributed by atoms with E-state index in [0.29, 0.717) is 11.1 Å². The van der Waals surface area contributed by atoms with Crippen molar-refractivity contribution in [3.05, 3.63) is 189 Å². The number of fused-ring (bicyclic) bond motifs is 4. The van der Waals surface area contributed by atoms with E-state index in [0.717, 1.165) is 0 Å². The molecular formula is C42H25N3O6. The highest BCUT2D eigenvalue weighted by Gasteiger charge is 2.36. The number of benzene rings is 6. The molecule has 2 aliphatic rings. The lowest BCUT2D eigenvalue weighted by molar-refractivity contribution is 0.0979. The summed E-state index contributed by atoms with van der Waals surface area (Å²) < 4.78 is 0. The summed E-state index contributed by atoms with van der Waals surface area (Å²) in [6, 6.07) is 36.0. The van der Waals surface area contributed by atoms with Crippen LogP contribution < -0.4 is 16.0 Å². The molecule has 2 aliphatic carbocycles. The molecular weight excluding hydrogens is 642 g/mol. The second-order valence-electron chi connectivity index (χ2n) is 12.0. The largest absolute Gasteiger partial charge is 0.354 e. The number of anilines is 4. The molecule has 0 spiro atoms. The van der Waals surface area contributed by atoms with Gasteiger partial charge in [-0.1, -0.05) is 84.9 Å². The number of carbonyl (C=O) groups excluding carboxylic acids is 6. The van der Waals surface area contributed by atoms with Crippen molar-refractivity contribution in [3.63, 3.8) is 0 Å². The van der Waals surface area contributed by atoms with Gasteiger partial charge in [0, 0.05) is 33.4 Å². The number of ketones is 4. The fourth-order valence-electron chi connectivity index (χ4n) is 6.61. The molecule has 0 unspecified atom stereocenters. The Bertz CT molecular complexity index is 2330. The van der Waals surface area contributed by atoms with Crippen LogP contribution in [0.3, 0.4) is 0 Å². The van der Waals surface area contributed by atoms with Gasteiger partial charge in [0.15, 0.2) is 23.1 Å². The van der Waals surface area contributed by atoms with Gasteiger partial charge in [-0.3, -0.25) is 28.8 Å². The smallest absolute Gasteiger partial charge is 0.255 e. The van der Waals surface area contributed by atoms with Gasteiger partial charge in [-0.05, 0) is 48.5 Å². The predicted molar refractivity (Wildman–Crippen MR) is 192 cm³/mol. The van der Waals surface area contributed by atoms with Gasteiger partial charge in [0.2, 0.25) is 0 Å². The predicted octanol–water partition coefficient (Wildman–Crippen LogP) is 7.49. The molecule has 9 heteroatoms. The molecule has 0 aromatic heterocycles. The Balaban J connectivity index is 1.17. The standard InChI is InChI=1S/C42H25N3O6/c46-37-25-15-7-19-29(33(25)39(48)35-27(37)17-9-21-31(35)44-41(50)23-11-3-1-4-12-23)43-30-20-8-16-26-34(30)40(49)36-28(38(26)47)18-10-22-32(36)45-42(51)24-13-5-2-6-14-24/h1-22,43H,(H,44,50)(H,45,51). The van der Waals surface area contributed by atoms with E-state index < -0.39 is 34.9 Å². The third-order valence-corrected chi connectivity index (χ3v) is 8.98.